The number of hydrogen-bond donors (Lipinski definition) is 2. The van der Waals surface area contributed by atoms with Gasteiger partial charge in [-0.25, -0.2) is 4.98 Å². The zero-order chi connectivity index (χ0) is 14.4. The van der Waals surface area contributed by atoms with E-state index in [1.807, 2.05) is 26.0 Å². The number of rotatable bonds is 6. The predicted molar refractivity (Wildman–Crippen MR) is 78.2 cm³/mol. The van der Waals surface area contributed by atoms with Crippen LogP contribution in [0.25, 0.3) is 11.4 Å². The van der Waals surface area contributed by atoms with Gasteiger partial charge in [0.05, 0.1) is 5.75 Å². The number of hydrogen-bond acceptors (Lipinski definition) is 5. The van der Waals surface area contributed by atoms with Gasteiger partial charge in [0.2, 0.25) is 11.1 Å². The Bertz CT molecular complexity index is 557. The molecule has 0 bridgehead atoms. The van der Waals surface area contributed by atoms with Crippen LogP contribution in [0.4, 0.5) is 0 Å². The fourth-order valence-electron chi connectivity index (χ4n) is 1.50. The molecule has 0 fully saturated rings. The van der Waals surface area contributed by atoms with E-state index in [9.17, 15) is 4.79 Å². The van der Waals surface area contributed by atoms with Crippen LogP contribution in [0.2, 0.25) is 0 Å². The van der Waals surface area contributed by atoms with Gasteiger partial charge in [0.25, 0.3) is 0 Å². The van der Waals surface area contributed by atoms with Crippen LogP contribution in [0.3, 0.4) is 0 Å². The van der Waals surface area contributed by atoms with Crippen molar-refractivity contribution >= 4 is 17.7 Å². The summed E-state index contributed by atoms with van der Waals surface area (Å²) in [7, 11) is 0. The van der Waals surface area contributed by atoms with E-state index >= 15 is 0 Å². The molecule has 2 N–H and O–H groups in total. The predicted octanol–water partition coefficient (Wildman–Crippen LogP) is 1.87. The molecule has 0 aromatic carbocycles. The molecule has 1 atom stereocenters. The third kappa shape index (κ3) is 4.06. The van der Waals surface area contributed by atoms with Gasteiger partial charge in [-0.15, -0.1) is 5.10 Å². The lowest BCUT2D eigenvalue weighted by molar-refractivity contribution is -0.119. The Morgan fingerprint density at radius 2 is 2.20 bits per heavy atom. The molecule has 0 radical (unpaired) electrons. The second-order valence-corrected chi connectivity index (χ2v) is 5.31. The van der Waals surface area contributed by atoms with Crippen molar-refractivity contribution in [3.8, 4) is 11.4 Å². The maximum absolute atomic E-state index is 11.7. The first-order chi connectivity index (χ1) is 9.69. The second kappa shape index (κ2) is 7.04. The second-order valence-electron chi connectivity index (χ2n) is 4.37. The number of aromatic amines is 1. The molecule has 2 rings (SSSR count). The molecule has 0 aliphatic carbocycles. The highest BCUT2D eigenvalue weighted by Gasteiger charge is 2.10. The molecule has 7 heteroatoms. The molecule has 0 saturated carbocycles. The van der Waals surface area contributed by atoms with E-state index in [1.165, 1.54) is 11.8 Å². The normalized spacial score (nSPS) is 12.1. The molecule has 106 valence electrons. The number of nitrogens with zero attached hydrogens (tertiary/aromatic N) is 3. The summed E-state index contributed by atoms with van der Waals surface area (Å²) in [6.07, 6.45) is 4.32. The van der Waals surface area contributed by atoms with Gasteiger partial charge >= 0.3 is 0 Å². The fourth-order valence-corrected chi connectivity index (χ4v) is 2.11. The summed E-state index contributed by atoms with van der Waals surface area (Å²) in [4.78, 5) is 19.9. The van der Waals surface area contributed by atoms with Crippen LogP contribution in [0, 0.1) is 0 Å². The molecule has 6 nitrogen and oxygen atoms in total. The molecule has 0 aliphatic heterocycles. The Morgan fingerprint density at radius 3 is 2.90 bits per heavy atom. The number of thioether (sulfide) groups is 1. The van der Waals surface area contributed by atoms with E-state index in [-0.39, 0.29) is 11.9 Å². The molecule has 2 aromatic rings. The third-order valence-electron chi connectivity index (χ3n) is 2.77. The number of carbonyl (C=O) groups excluding carboxylic acids is 1. The lowest BCUT2D eigenvalue weighted by Crippen LogP contribution is -2.33. The summed E-state index contributed by atoms with van der Waals surface area (Å²) in [6.45, 7) is 4.02. The monoisotopic (exact) mass is 291 g/mol. The maximum Gasteiger partial charge on any atom is 0.230 e. The molecule has 1 amide bonds. The van der Waals surface area contributed by atoms with Gasteiger partial charge in [0, 0.05) is 24.0 Å². The van der Waals surface area contributed by atoms with E-state index < -0.39 is 0 Å². The Labute approximate surface area is 121 Å². The van der Waals surface area contributed by atoms with Gasteiger partial charge in [-0.3, -0.25) is 14.9 Å². The number of nitrogens with one attached hydrogen (secondary N) is 2. The fraction of sp³-hybridized carbons (Fsp3) is 0.385. The number of H-pyrrole nitrogens is 1. The van der Waals surface area contributed by atoms with Gasteiger partial charge in [-0.05, 0) is 25.5 Å². The standard InChI is InChI=1S/C13H17N5OS/c1-3-9(2)15-11(19)8-20-13-16-12(17-18-13)10-4-6-14-7-5-10/h4-7,9H,3,8H2,1-2H3,(H,15,19)(H,16,17,18)/t9-/m1/s1. The minimum Gasteiger partial charge on any atom is -0.353 e. The van der Waals surface area contributed by atoms with Crippen LogP contribution in [0.1, 0.15) is 20.3 Å². The topological polar surface area (TPSA) is 83.6 Å². The highest BCUT2D eigenvalue weighted by atomic mass is 32.2. The van der Waals surface area contributed by atoms with Crippen molar-refractivity contribution in [2.45, 2.75) is 31.5 Å². The number of carbonyl (C=O) groups is 1. The highest BCUT2D eigenvalue weighted by Crippen LogP contribution is 2.18. The van der Waals surface area contributed by atoms with Crippen LogP contribution < -0.4 is 5.32 Å². The number of pyridine rings is 1. The van der Waals surface area contributed by atoms with Crippen molar-refractivity contribution in [3.05, 3.63) is 24.5 Å². The van der Waals surface area contributed by atoms with Crippen LogP contribution in [0.15, 0.2) is 29.7 Å². The smallest absolute Gasteiger partial charge is 0.230 e. The molecule has 2 aromatic heterocycles. The van der Waals surface area contributed by atoms with Gasteiger partial charge < -0.3 is 5.32 Å². The Balaban J connectivity index is 1.89. The first-order valence-corrected chi connectivity index (χ1v) is 7.42. The minimum atomic E-state index is -0.000360. The van der Waals surface area contributed by atoms with Crippen LogP contribution in [0.5, 0.6) is 0 Å². The van der Waals surface area contributed by atoms with Crippen LogP contribution >= 0.6 is 11.8 Å². The number of amides is 1. The molecular weight excluding hydrogens is 274 g/mol. The van der Waals surface area contributed by atoms with Gasteiger partial charge in [0.15, 0.2) is 5.82 Å². The molecule has 0 aliphatic rings. The van der Waals surface area contributed by atoms with Crippen molar-refractivity contribution < 1.29 is 4.79 Å². The zero-order valence-electron chi connectivity index (χ0n) is 11.5. The van der Waals surface area contributed by atoms with E-state index in [0.717, 1.165) is 12.0 Å². The average Bonchev–Trinajstić information content (AvgIpc) is 2.95. The van der Waals surface area contributed by atoms with Gasteiger partial charge in [-0.2, -0.15) is 0 Å². The van der Waals surface area contributed by atoms with Crippen molar-refractivity contribution in [3.63, 3.8) is 0 Å². The average molecular weight is 291 g/mol. The van der Waals surface area contributed by atoms with Crippen molar-refractivity contribution in [2.75, 3.05) is 5.75 Å². The van der Waals surface area contributed by atoms with Gasteiger partial charge in [0.1, 0.15) is 0 Å². The lowest BCUT2D eigenvalue weighted by Gasteiger charge is -2.09. The van der Waals surface area contributed by atoms with E-state index in [1.54, 1.807) is 12.4 Å². The first kappa shape index (κ1) is 14.5. The molecule has 0 saturated heterocycles. The van der Waals surface area contributed by atoms with E-state index in [2.05, 4.69) is 25.5 Å². The molecular formula is C13H17N5OS. The Hall–Kier alpha value is -1.89. The summed E-state index contributed by atoms with van der Waals surface area (Å²) < 4.78 is 0. The van der Waals surface area contributed by atoms with Crippen molar-refractivity contribution in [1.82, 2.24) is 25.5 Å². The van der Waals surface area contributed by atoms with E-state index in [0.29, 0.717) is 16.7 Å². The minimum absolute atomic E-state index is 0.000360. The van der Waals surface area contributed by atoms with Crippen LogP contribution in [-0.4, -0.2) is 37.9 Å². The Morgan fingerprint density at radius 1 is 1.45 bits per heavy atom. The summed E-state index contributed by atoms with van der Waals surface area (Å²) in [5.41, 5.74) is 0.920. The first-order valence-electron chi connectivity index (χ1n) is 6.44. The van der Waals surface area contributed by atoms with Crippen molar-refractivity contribution in [2.24, 2.45) is 0 Å². The highest BCUT2D eigenvalue weighted by molar-refractivity contribution is 7.99. The molecule has 20 heavy (non-hydrogen) atoms. The summed E-state index contributed by atoms with van der Waals surface area (Å²) in [6, 6.07) is 3.90. The SMILES string of the molecule is CC[C@@H](C)NC(=O)CSc1n[nH]c(-c2ccncc2)n1. The summed E-state index contributed by atoms with van der Waals surface area (Å²) in [5, 5.41) is 10.4. The number of aromatic nitrogens is 4. The quantitative estimate of drug-likeness (QED) is 0.794. The molecule has 0 spiro atoms. The van der Waals surface area contributed by atoms with Crippen LogP contribution in [-0.2, 0) is 4.79 Å². The summed E-state index contributed by atoms with van der Waals surface area (Å²) in [5.74, 6) is 0.995. The molecule has 0 unspecified atom stereocenters. The largest absolute Gasteiger partial charge is 0.353 e. The van der Waals surface area contributed by atoms with Gasteiger partial charge in [-0.1, -0.05) is 18.7 Å². The third-order valence-corrected chi connectivity index (χ3v) is 3.62. The van der Waals surface area contributed by atoms with Crippen molar-refractivity contribution in [1.29, 1.82) is 0 Å². The lowest BCUT2D eigenvalue weighted by atomic mass is 10.3. The maximum atomic E-state index is 11.7. The Kier molecular flexibility index (Phi) is 5.11. The summed E-state index contributed by atoms with van der Waals surface area (Å²) >= 11 is 1.32. The zero-order valence-corrected chi connectivity index (χ0v) is 12.3. The molecule has 2 heterocycles. The van der Waals surface area contributed by atoms with E-state index in [4.69, 9.17) is 0 Å².